The lowest BCUT2D eigenvalue weighted by molar-refractivity contribution is 0.602. The van der Waals surface area contributed by atoms with E-state index in [1.807, 2.05) is 0 Å². The van der Waals surface area contributed by atoms with Gasteiger partial charge in [0.25, 0.3) is 10.0 Å². The second-order valence-electron chi connectivity index (χ2n) is 5.43. The molecule has 25 heavy (non-hydrogen) atoms. The zero-order chi connectivity index (χ0) is 18.0. The summed E-state index contributed by atoms with van der Waals surface area (Å²) in [6.45, 7) is 0. The molecule has 0 bridgehead atoms. The summed E-state index contributed by atoms with van der Waals surface area (Å²) in [6.07, 6.45) is 3.04. The van der Waals surface area contributed by atoms with Crippen LogP contribution in [0, 0.1) is 0 Å². The number of pyridine rings is 1. The van der Waals surface area contributed by atoms with Crippen molar-refractivity contribution >= 4 is 49.0 Å². The highest BCUT2D eigenvalue weighted by molar-refractivity contribution is 7.93. The Morgan fingerprint density at radius 1 is 1.12 bits per heavy atom. The van der Waals surface area contributed by atoms with Crippen LogP contribution in [0.1, 0.15) is 5.56 Å². The maximum Gasteiger partial charge on any atom is 0.264 e. The molecule has 1 heterocycles. The molecule has 0 aliphatic rings. The summed E-state index contributed by atoms with van der Waals surface area (Å²) < 4.78 is 39.9. The summed E-state index contributed by atoms with van der Waals surface area (Å²) in [5, 5.41) is 0.999. The minimum absolute atomic E-state index is 0.0416. The summed E-state index contributed by atoms with van der Waals surface area (Å²) in [5.41, 5.74) is 1.37. The number of halogens is 1. The van der Waals surface area contributed by atoms with E-state index in [9.17, 15) is 12.6 Å². The minimum Gasteiger partial charge on any atom is -0.279 e. The van der Waals surface area contributed by atoms with E-state index in [2.05, 4.69) is 9.71 Å². The van der Waals surface area contributed by atoms with Gasteiger partial charge in [0.05, 0.1) is 22.0 Å². The van der Waals surface area contributed by atoms with Gasteiger partial charge in [0, 0.05) is 28.6 Å². The molecule has 3 rings (SSSR count). The van der Waals surface area contributed by atoms with Crippen molar-refractivity contribution in [3.63, 3.8) is 0 Å². The highest BCUT2D eigenvalue weighted by atomic mass is 35.5. The average molecular weight is 395 g/mol. The van der Waals surface area contributed by atoms with E-state index in [4.69, 9.17) is 11.6 Å². The molecule has 2 aromatic carbocycles. The molecule has 0 aliphatic heterocycles. The molecular weight excluding hydrogens is 380 g/mol. The Balaban J connectivity index is 2.08. The first-order valence-corrected chi connectivity index (χ1v) is 10.9. The molecule has 1 unspecified atom stereocenters. The Morgan fingerprint density at radius 2 is 1.88 bits per heavy atom. The van der Waals surface area contributed by atoms with Crippen molar-refractivity contribution in [2.24, 2.45) is 0 Å². The van der Waals surface area contributed by atoms with Crippen molar-refractivity contribution in [2.75, 3.05) is 11.0 Å². The number of para-hydroxylation sites is 2. The molecule has 0 saturated heterocycles. The van der Waals surface area contributed by atoms with Crippen LogP contribution in [0.15, 0.2) is 59.6 Å². The van der Waals surface area contributed by atoms with Crippen LogP contribution in [0.3, 0.4) is 0 Å². The number of hydrogen-bond donors (Lipinski definition) is 1. The Kier molecular flexibility index (Phi) is 5.08. The van der Waals surface area contributed by atoms with Crippen molar-refractivity contribution in [1.29, 1.82) is 0 Å². The fourth-order valence-electron chi connectivity index (χ4n) is 2.50. The van der Waals surface area contributed by atoms with Crippen molar-refractivity contribution in [2.45, 2.75) is 10.6 Å². The summed E-state index contributed by atoms with van der Waals surface area (Å²) in [7, 11) is -4.97. The zero-order valence-corrected chi connectivity index (χ0v) is 15.7. The van der Waals surface area contributed by atoms with Crippen LogP contribution in [0.2, 0.25) is 5.02 Å². The number of nitrogens with zero attached hydrogens (tertiary/aromatic N) is 1. The smallest absolute Gasteiger partial charge is 0.264 e. The van der Waals surface area contributed by atoms with Gasteiger partial charge in [0.1, 0.15) is 4.90 Å². The molecule has 0 radical (unpaired) electrons. The van der Waals surface area contributed by atoms with Crippen molar-refractivity contribution < 1.29 is 12.6 Å². The molecule has 1 aromatic heterocycles. The van der Waals surface area contributed by atoms with Crippen LogP contribution in [0.4, 0.5) is 5.69 Å². The number of aromatic nitrogens is 1. The number of rotatable bonds is 5. The molecule has 8 heteroatoms. The second-order valence-corrected chi connectivity index (χ2v) is 8.92. The monoisotopic (exact) mass is 394 g/mol. The fraction of sp³-hybridized carbons (Fsp3) is 0.118. The highest BCUT2D eigenvalue weighted by Gasteiger charge is 2.20. The third-order valence-electron chi connectivity index (χ3n) is 3.59. The third kappa shape index (κ3) is 3.84. The molecule has 0 aliphatic carbocycles. The number of fused-ring (bicyclic) bond motifs is 1. The van der Waals surface area contributed by atoms with Crippen molar-refractivity contribution in [3.8, 4) is 0 Å². The lowest BCUT2D eigenvalue weighted by Crippen LogP contribution is -2.15. The van der Waals surface area contributed by atoms with Crippen LogP contribution in [-0.2, 0) is 26.6 Å². The van der Waals surface area contributed by atoms with Gasteiger partial charge in [-0.05, 0) is 23.8 Å². The van der Waals surface area contributed by atoms with Crippen LogP contribution >= 0.6 is 11.6 Å². The molecule has 0 fully saturated rings. The van der Waals surface area contributed by atoms with E-state index < -0.39 is 20.8 Å². The van der Waals surface area contributed by atoms with E-state index in [1.165, 1.54) is 12.3 Å². The standard InChI is InChI=1S/C17H15ClN2O3S2/c1-24(21)11-12-5-2-3-7-15(12)20-25(22,23)16-8-4-6-13-14(18)9-10-19-17(13)16/h2-10,20H,11H2,1H3. The quantitative estimate of drug-likeness (QED) is 0.717. The van der Waals surface area contributed by atoms with E-state index in [0.29, 0.717) is 27.2 Å². The third-order valence-corrected chi connectivity index (χ3v) is 6.03. The number of anilines is 1. The zero-order valence-electron chi connectivity index (χ0n) is 13.3. The van der Waals surface area contributed by atoms with Gasteiger partial charge in [-0.15, -0.1) is 0 Å². The summed E-state index contributed by atoms with van der Waals surface area (Å²) in [4.78, 5) is 4.21. The lowest BCUT2D eigenvalue weighted by Gasteiger charge is -2.13. The first-order chi connectivity index (χ1) is 11.9. The maximum absolute atomic E-state index is 12.9. The Labute approximate surface area is 153 Å². The van der Waals surface area contributed by atoms with Gasteiger partial charge in [0.2, 0.25) is 0 Å². The van der Waals surface area contributed by atoms with Gasteiger partial charge >= 0.3 is 0 Å². The maximum atomic E-state index is 12.9. The largest absolute Gasteiger partial charge is 0.279 e. The molecule has 0 saturated carbocycles. The summed E-state index contributed by atoms with van der Waals surface area (Å²) in [5.74, 6) is 0.262. The van der Waals surface area contributed by atoms with Gasteiger partial charge in [-0.1, -0.05) is 41.9 Å². The fourth-order valence-corrected chi connectivity index (χ4v) is 4.67. The number of nitrogens with one attached hydrogen (secondary N) is 1. The van der Waals surface area contributed by atoms with E-state index in [0.717, 1.165) is 0 Å². The first kappa shape index (κ1) is 17.8. The van der Waals surface area contributed by atoms with Gasteiger partial charge < -0.3 is 0 Å². The number of sulfonamides is 1. The normalized spacial score (nSPS) is 12.9. The second kappa shape index (κ2) is 7.11. The van der Waals surface area contributed by atoms with Gasteiger partial charge in [-0.3, -0.25) is 13.9 Å². The molecular formula is C17H15ClN2O3S2. The lowest BCUT2D eigenvalue weighted by atomic mass is 10.2. The summed E-state index contributed by atoms with van der Waals surface area (Å²) in [6, 6.07) is 13.3. The van der Waals surface area contributed by atoms with Gasteiger partial charge in [-0.2, -0.15) is 0 Å². The van der Waals surface area contributed by atoms with Crippen LogP contribution < -0.4 is 4.72 Å². The van der Waals surface area contributed by atoms with Crippen LogP contribution in [0.25, 0.3) is 10.9 Å². The molecule has 1 N–H and O–H groups in total. The molecule has 130 valence electrons. The Hall–Kier alpha value is -1.96. The topological polar surface area (TPSA) is 76.1 Å². The van der Waals surface area contributed by atoms with Crippen molar-refractivity contribution in [3.05, 3.63) is 65.3 Å². The Bertz CT molecular complexity index is 1070. The minimum atomic E-state index is -3.89. The predicted octanol–water partition coefficient (Wildman–Crippen LogP) is 3.57. The van der Waals surface area contributed by atoms with Crippen molar-refractivity contribution in [1.82, 2.24) is 4.98 Å². The molecule has 1 atom stereocenters. The first-order valence-electron chi connectivity index (χ1n) is 7.32. The van der Waals surface area contributed by atoms with Gasteiger partial charge in [-0.25, -0.2) is 8.42 Å². The SMILES string of the molecule is CS(=O)Cc1ccccc1NS(=O)(=O)c1cccc2c(Cl)ccnc12. The van der Waals surface area contributed by atoms with Crippen LogP contribution in [0.5, 0.6) is 0 Å². The van der Waals surface area contributed by atoms with E-state index in [-0.39, 0.29) is 10.6 Å². The summed E-state index contributed by atoms with van der Waals surface area (Å²) >= 11 is 6.13. The molecule has 0 spiro atoms. The van der Waals surface area contributed by atoms with Crippen LogP contribution in [-0.4, -0.2) is 23.9 Å². The van der Waals surface area contributed by atoms with E-state index in [1.54, 1.807) is 48.7 Å². The highest BCUT2D eigenvalue weighted by Crippen LogP contribution is 2.28. The molecule has 3 aromatic rings. The number of benzene rings is 2. The van der Waals surface area contributed by atoms with E-state index >= 15 is 0 Å². The average Bonchev–Trinajstić information content (AvgIpc) is 2.56. The molecule has 5 nitrogen and oxygen atoms in total. The Morgan fingerprint density at radius 3 is 2.64 bits per heavy atom. The number of hydrogen-bond acceptors (Lipinski definition) is 4. The van der Waals surface area contributed by atoms with Gasteiger partial charge in [0.15, 0.2) is 0 Å². The predicted molar refractivity (Wildman–Crippen MR) is 102 cm³/mol. The molecule has 0 amide bonds.